The molecule has 2 aliphatic rings. The summed E-state index contributed by atoms with van der Waals surface area (Å²) in [6.45, 7) is 5.62. The fourth-order valence-electron chi connectivity index (χ4n) is 3.63. The Morgan fingerprint density at radius 3 is 2.50 bits per heavy atom. The molecule has 0 aromatic heterocycles. The molecule has 0 aromatic carbocycles. The third-order valence-corrected chi connectivity index (χ3v) is 5.20. The van der Waals surface area contributed by atoms with E-state index in [0.29, 0.717) is 30.6 Å². The van der Waals surface area contributed by atoms with E-state index in [1.54, 1.807) is 0 Å². The Balaban J connectivity index is 1.87. The fourth-order valence-corrected chi connectivity index (χ4v) is 3.63. The largest absolute Gasteiger partial charge is 0.335 e. The van der Waals surface area contributed by atoms with Gasteiger partial charge in [0.2, 0.25) is 5.91 Å². The lowest BCUT2D eigenvalue weighted by Gasteiger charge is -2.25. The third kappa shape index (κ3) is 4.07. The van der Waals surface area contributed by atoms with E-state index in [-0.39, 0.29) is 11.8 Å². The minimum Gasteiger partial charge on any atom is -0.335 e. The lowest BCUT2D eigenvalue weighted by molar-refractivity contribution is -0.136. The second-order valence-electron chi connectivity index (χ2n) is 6.95. The van der Waals surface area contributed by atoms with Gasteiger partial charge in [0.15, 0.2) is 5.78 Å². The van der Waals surface area contributed by atoms with Gasteiger partial charge in [0.05, 0.1) is 6.54 Å². The number of hydrogen-bond acceptors (Lipinski definition) is 2. The zero-order valence-corrected chi connectivity index (χ0v) is 13.1. The molecule has 0 spiro atoms. The highest BCUT2D eigenvalue weighted by Gasteiger charge is 2.28. The highest BCUT2D eigenvalue weighted by atomic mass is 16.2. The van der Waals surface area contributed by atoms with Crippen LogP contribution in [0.4, 0.5) is 0 Å². The Morgan fingerprint density at radius 2 is 1.85 bits per heavy atom. The molecule has 0 radical (unpaired) electrons. The van der Waals surface area contributed by atoms with Crippen LogP contribution in [0.1, 0.15) is 65.2 Å². The van der Waals surface area contributed by atoms with E-state index in [2.05, 4.69) is 13.8 Å². The molecule has 0 bridgehead atoms. The monoisotopic (exact) mass is 279 g/mol. The van der Waals surface area contributed by atoms with Gasteiger partial charge in [-0.3, -0.25) is 9.59 Å². The predicted octanol–water partition coefficient (Wildman–Crippen LogP) is 3.42. The van der Waals surface area contributed by atoms with Gasteiger partial charge in [0.1, 0.15) is 0 Å². The van der Waals surface area contributed by atoms with Crippen LogP contribution in [0.15, 0.2) is 0 Å². The van der Waals surface area contributed by atoms with Crippen molar-refractivity contribution >= 4 is 11.7 Å². The summed E-state index contributed by atoms with van der Waals surface area (Å²) in [4.78, 5) is 26.4. The average Bonchev–Trinajstić information content (AvgIpc) is 2.63. The van der Waals surface area contributed by atoms with Gasteiger partial charge in [-0.15, -0.1) is 0 Å². The first-order valence-corrected chi connectivity index (χ1v) is 8.38. The molecule has 1 saturated carbocycles. The van der Waals surface area contributed by atoms with Crippen molar-refractivity contribution in [1.29, 1.82) is 0 Å². The van der Waals surface area contributed by atoms with Gasteiger partial charge in [-0.2, -0.15) is 0 Å². The molecular weight excluding hydrogens is 250 g/mol. The smallest absolute Gasteiger partial charge is 0.222 e. The topological polar surface area (TPSA) is 37.4 Å². The molecule has 1 unspecified atom stereocenters. The molecule has 2 rings (SSSR count). The summed E-state index contributed by atoms with van der Waals surface area (Å²) < 4.78 is 0. The highest BCUT2D eigenvalue weighted by Crippen LogP contribution is 2.27. The highest BCUT2D eigenvalue weighted by molar-refractivity contribution is 5.87. The average molecular weight is 279 g/mol. The minimum absolute atomic E-state index is 0.192. The fraction of sp³-hybridized carbons (Fsp3) is 0.882. The third-order valence-electron chi connectivity index (χ3n) is 5.20. The molecule has 0 N–H and O–H groups in total. The van der Waals surface area contributed by atoms with Gasteiger partial charge in [-0.1, -0.05) is 33.1 Å². The normalized spacial score (nSPS) is 25.9. The molecule has 3 nitrogen and oxygen atoms in total. The summed E-state index contributed by atoms with van der Waals surface area (Å²) in [7, 11) is 0. The summed E-state index contributed by atoms with van der Waals surface area (Å²) in [6.07, 6.45) is 8.37. The molecule has 114 valence electrons. The number of rotatable bonds is 4. The first-order valence-electron chi connectivity index (χ1n) is 8.38. The zero-order chi connectivity index (χ0) is 14.5. The van der Waals surface area contributed by atoms with Crippen molar-refractivity contribution < 1.29 is 9.59 Å². The van der Waals surface area contributed by atoms with Crippen LogP contribution in [0.2, 0.25) is 0 Å². The van der Waals surface area contributed by atoms with Gasteiger partial charge in [0, 0.05) is 18.9 Å². The van der Waals surface area contributed by atoms with E-state index in [1.807, 2.05) is 4.90 Å². The molecule has 1 heterocycles. The summed E-state index contributed by atoms with van der Waals surface area (Å²) in [5, 5.41) is 0. The molecule has 1 saturated heterocycles. The van der Waals surface area contributed by atoms with Crippen LogP contribution in [0.5, 0.6) is 0 Å². The number of carbonyl (C=O) groups is 2. The number of likely N-dealkylation sites (tertiary alicyclic amines) is 1. The minimum atomic E-state index is 0.192. The molecule has 1 atom stereocenters. The standard InChI is InChI=1S/C17H29NO2/c1-13(2)14-8-9-17(20)18(11-10-14)12-16(19)15-6-4-3-5-7-15/h13-15H,3-12H2,1-2H3. The quantitative estimate of drug-likeness (QED) is 0.790. The van der Waals surface area contributed by atoms with Crippen LogP contribution in [0.25, 0.3) is 0 Å². The zero-order valence-electron chi connectivity index (χ0n) is 13.1. The SMILES string of the molecule is CC(C)C1CCC(=O)N(CC(=O)C2CCCCC2)CC1. The maximum absolute atomic E-state index is 12.3. The van der Waals surface area contributed by atoms with Gasteiger partial charge in [0.25, 0.3) is 0 Å². The number of ketones is 1. The second-order valence-corrected chi connectivity index (χ2v) is 6.95. The summed E-state index contributed by atoms with van der Waals surface area (Å²) >= 11 is 0. The Kier molecular flexibility index (Phi) is 5.62. The van der Waals surface area contributed by atoms with E-state index in [4.69, 9.17) is 0 Å². The van der Waals surface area contributed by atoms with E-state index in [0.717, 1.165) is 32.2 Å². The Morgan fingerprint density at radius 1 is 1.15 bits per heavy atom. The van der Waals surface area contributed by atoms with E-state index in [1.165, 1.54) is 19.3 Å². The lowest BCUT2D eigenvalue weighted by Crippen LogP contribution is -2.38. The molecule has 20 heavy (non-hydrogen) atoms. The molecule has 1 aliphatic carbocycles. The first-order chi connectivity index (χ1) is 9.58. The molecule has 1 amide bonds. The molecule has 2 fully saturated rings. The number of nitrogens with zero attached hydrogens (tertiary/aromatic N) is 1. The van der Waals surface area contributed by atoms with Crippen LogP contribution in [0.3, 0.4) is 0 Å². The Bertz CT molecular complexity index is 345. The van der Waals surface area contributed by atoms with Crippen LogP contribution in [-0.2, 0) is 9.59 Å². The van der Waals surface area contributed by atoms with Crippen molar-refractivity contribution in [2.45, 2.75) is 65.2 Å². The Hall–Kier alpha value is -0.860. The van der Waals surface area contributed by atoms with Crippen molar-refractivity contribution in [1.82, 2.24) is 4.90 Å². The predicted molar refractivity (Wildman–Crippen MR) is 80.3 cm³/mol. The van der Waals surface area contributed by atoms with Gasteiger partial charge in [-0.25, -0.2) is 0 Å². The van der Waals surface area contributed by atoms with Crippen molar-refractivity contribution in [2.24, 2.45) is 17.8 Å². The molecule has 3 heteroatoms. The molecule has 1 aliphatic heterocycles. The van der Waals surface area contributed by atoms with E-state index >= 15 is 0 Å². The van der Waals surface area contributed by atoms with Crippen molar-refractivity contribution in [2.75, 3.05) is 13.1 Å². The van der Waals surface area contributed by atoms with Gasteiger partial charge < -0.3 is 4.90 Å². The van der Waals surface area contributed by atoms with Gasteiger partial charge >= 0.3 is 0 Å². The van der Waals surface area contributed by atoms with E-state index < -0.39 is 0 Å². The molecule has 0 aromatic rings. The van der Waals surface area contributed by atoms with Crippen molar-refractivity contribution in [3.63, 3.8) is 0 Å². The first kappa shape index (κ1) is 15.5. The number of Topliss-reactive ketones (excluding diaryl/α,β-unsaturated/α-hetero) is 1. The van der Waals surface area contributed by atoms with Gasteiger partial charge in [-0.05, 0) is 37.5 Å². The number of carbonyl (C=O) groups excluding carboxylic acids is 2. The van der Waals surface area contributed by atoms with Crippen LogP contribution in [-0.4, -0.2) is 29.7 Å². The van der Waals surface area contributed by atoms with Crippen LogP contribution < -0.4 is 0 Å². The lowest BCUT2D eigenvalue weighted by atomic mass is 9.86. The molecular formula is C17H29NO2. The summed E-state index contributed by atoms with van der Waals surface area (Å²) in [6, 6.07) is 0. The van der Waals surface area contributed by atoms with Crippen LogP contribution >= 0.6 is 0 Å². The van der Waals surface area contributed by atoms with E-state index in [9.17, 15) is 9.59 Å². The number of hydrogen-bond donors (Lipinski definition) is 0. The maximum atomic E-state index is 12.3. The second kappa shape index (κ2) is 7.24. The van der Waals surface area contributed by atoms with Crippen molar-refractivity contribution in [3.8, 4) is 0 Å². The summed E-state index contributed by atoms with van der Waals surface area (Å²) in [5.74, 6) is 1.99. The maximum Gasteiger partial charge on any atom is 0.222 e. The Labute approximate surface area is 123 Å². The van der Waals surface area contributed by atoms with Crippen LogP contribution in [0, 0.1) is 17.8 Å². The van der Waals surface area contributed by atoms with Crippen molar-refractivity contribution in [3.05, 3.63) is 0 Å². The summed E-state index contributed by atoms with van der Waals surface area (Å²) in [5.41, 5.74) is 0. The number of amides is 1.